The van der Waals surface area contributed by atoms with Crippen LogP contribution in [0, 0.1) is 17.5 Å². The second kappa shape index (κ2) is 5.17. The van der Waals surface area contributed by atoms with Gasteiger partial charge >= 0.3 is 0 Å². The maximum absolute atomic E-state index is 4.85. The van der Waals surface area contributed by atoms with Crippen LogP contribution in [0.25, 0.3) is 0 Å². The van der Waals surface area contributed by atoms with Crippen LogP contribution in [0.2, 0.25) is 0 Å². The van der Waals surface area contributed by atoms with E-state index in [4.69, 9.17) is 4.98 Å². The lowest BCUT2D eigenvalue weighted by Crippen LogP contribution is -2.68. The maximum Gasteiger partial charge on any atom is 0.104 e. The van der Waals surface area contributed by atoms with Gasteiger partial charge in [-0.1, -0.05) is 13.8 Å². The van der Waals surface area contributed by atoms with Gasteiger partial charge in [-0.15, -0.1) is 0 Å². The summed E-state index contributed by atoms with van der Waals surface area (Å²) in [7, 11) is 0. The highest BCUT2D eigenvalue weighted by atomic mass is 127. The molecule has 2 rings (SSSR count). The van der Waals surface area contributed by atoms with Crippen LogP contribution in [0.5, 0.6) is 0 Å². The van der Waals surface area contributed by atoms with Crippen molar-refractivity contribution in [2.75, 3.05) is 0 Å². The number of aryl methyl sites for hydroxylation is 1. The predicted molar refractivity (Wildman–Crippen MR) is 104 cm³/mol. The van der Waals surface area contributed by atoms with E-state index in [1.807, 2.05) is 0 Å². The molecule has 0 atom stereocenters. The van der Waals surface area contributed by atoms with Crippen LogP contribution in [-0.2, 0) is 11.0 Å². The fourth-order valence-electron chi connectivity index (χ4n) is 5.01. The average Bonchev–Trinajstić information content (AvgIpc) is 2.29. The lowest BCUT2D eigenvalue weighted by Gasteiger charge is -2.63. The quantitative estimate of drug-likeness (QED) is 0.457. The van der Waals surface area contributed by atoms with E-state index in [1.165, 1.54) is 22.4 Å². The zero-order chi connectivity index (χ0) is 17.2. The van der Waals surface area contributed by atoms with Gasteiger partial charge in [-0.25, -0.2) is 4.98 Å². The molecule has 2 nitrogen and oxygen atoms in total. The first-order valence-electron chi connectivity index (χ1n) is 8.25. The van der Waals surface area contributed by atoms with Crippen molar-refractivity contribution in [1.29, 1.82) is 0 Å². The minimum atomic E-state index is 0.000223. The number of pyridine rings is 1. The van der Waals surface area contributed by atoms with E-state index in [9.17, 15) is 0 Å². The number of hydrogen-bond acceptors (Lipinski definition) is 2. The first-order valence-corrected chi connectivity index (χ1v) is 9.33. The van der Waals surface area contributed by atoms with Crippen molar-refractivity contribution in [1.82, 2.24) is 9.88 Å². The fraction of sp³-hybridized carbons (Fsp3) is 0.737. The SMILES string of the molecule is Cc1nc(I)c(C)c2c1C(C)(C)C(C)(C)N(C(C)C)C2(C)C. The van der Waals surface area contributed by atoms with Crippen molar-refractivity contribution in [2.45, 2.75) is 91.8 Å². The van der Waals surface area contributed by atoms with E-state index >= 15 is 0 Å². The number of aromatic nitrogens is 1. The summed E-state index contributed by atoms with van der Waals surface area (Å²) in [6.45, 7) is 23.4. The molecule has 0 saturated carbocycles. The van der Waals surface area contributed by atoms with Gasteiger partial charge in [0.25, 0.3) is 0 Å². The minimum absolute atomic E-state index is 0.000223. The van der Waals surface area contributed by atoms with Crippen LogP contribution in [0.1, 0.15) is 77.8 Å². The van der Waals surface area contributed by atoms with Crippen molar-refractivity contribution >= 4 is 22.6 Å². The summed E-state index contributed by atoms with van der Waals surface area (Å²) in [4.78, 5) is 7.55. The molecule has 0 radical (unpaired) electrons. The zero-order valence-electron chi connectivity index (χ0n) is 15.8. The number of rotatable bonds is 1. The number of halogens is 1. The van der Waals surface area contributed by atoms with Gasteiger partial charge in [-0.05, 0) is 94.7 Å². The van der Waals surface area contributed by atoms with Crippen LogP contribution < -0.4 is 0 Å². The Kier molecular flexibility index (Phi) is 4.27. The Morgan fingerprint density at radius 3 is 1.91 bits per heavy atom. The summed E-state index contributed by atoms with van der Waals surface area (Å²) in [5.74, 6) is 0. The van der Waals surface area contributed by atoms with Crippen molar-refractivity contribution in [2.24, 2.45) is 0 Å². The molecular formula is C19H31IN2. The minimum Gasteiger partial charge on any atom is -0.286 e. The second-order valence-electron chi connectivity index (χ2n) is 8.57. The summed E-state index contributed by atoms with van der Waals surface area (Å²) < 4.78 is 1.14. The van der Waals surface area contributed by atoms with Gasteiger partial charge in [0.1, 0.15) is 3.70 Å². The molecule has 0 saturated heterocycles. The lowest BCUT2D eigenvalue weighted by molar-refractivity contribution is -0.0702. The molecule has 1 aliphatic heterocycles. The van der Waals surface area contributed by atoms with E-state index in [2.05, 4.69) is 96.7 Å². The molecule has 22 heavy (non-hydrogen) atoms. The molecule has 3 heteroatoms. The molecule has 124 valence electrons. The standard InChI is InChI=1S/C19H31IN2/c1-11(2)22-18(7,8)14-12(3)16(20)21-13(4)15(14)17(5,6)19(22,9)10/h11H,1-10H3. The Labute approximate surface area is 150 Å². The molecule has 0 unspecified atom stereocenters. The van der Waals surface area contributed by atoms with Crippen molar-refractivity contribution < 1.29 is 0 Å². The van der Waals surface area contributed by atoms with Crippen LogP contribution in [0.4, 0.5) is 0 Å². The Bertz CT molecular complexity index is 612. The molecular weight excluding hydrogens is 383 g/mol. The largest absolute Gasteiger partial charge is 0.286 e. The van der Waals surface area contributed by atoms with Gasteiger partial charge in [0.2, 0.25) is 0 Å². The number of hydrogen-bond donors (Lipinski definition) is 0. The fourth-order valence-corrected chi connectivity index (χ4v) is 5.64. The highest BCUT2D eigenvalue weighted by molar-refractivity contribution is 14.1. The number of nitrogens with zero attached hydrogens (tertiary/aromatic N) is 2. The number of fused-ring (bicyclic) bond motifs is 1. The molecule has 1 aromatic rings. The van der Waals surface area contributed by atoms with Crippen molar-refractivity contribution in [3.63, 3.8) is 0 Å². The maximum atomic E-state index is 4.85. The predicted octanol–water partition coefficient (Wildman–Crippen LogP) is 5.32. The van der Waals surface area contributed by atoms with Gasteiger partial charge in [0.05, 0.1) is 0 Å². The highest BCUT2D eigenvalue weighted by Gasteiger charge is 2.56. The summed E-state index contributed by atoms with van der Waals surface area (Å²) in [5, 5.41) is 0. The van der Waals surface area contributed by atoms with E-state index < -0.39 is 0 Å². The molecule has 1 aromatic heterocycles. The van der Waals surface area contributed by atoms with Crippen LogP contribution in [-0.4, -0.2) is 21.5 Å². The van der Waals surface area contributed by atoms with Crippen LogP contribution in [0.3, 0.4) is 0 Å². The van der Waals surface area contributed by atoms with Gasteiger partial charge in [0.15, 0.2) is 0 Å². The summed E-state index contributed by atoms with van der Waals surface area (Å²) in [6, 6.07) is 0.489. The third-order valence-corrected chi connectivity index (χ3v) is 7.10. The summed E-state index contributed by atoms with van der Waals surface area (Å²) in [6.07, 6.45) is 0. The Hall–Kier alpha value is -0.160. The smallest absolute Gasteiger partial charge is 0.104 e. The van der Waals surface area contributed by atoms with Crippen LogP contribution in [0.15, 0.2) is 0 Å². The Morgan fingerprint density at radius 2 is 1.45 bits per heavy atom. The average molecular weight is 414 g/mol. The van der Waals surface area contributed by atoms with E-state index in [0.29, 0.717) is 6.04 Å². The second-order valence-corrected chi connectivity index (χ2v) is 9.59. The van der Waals surface area contributed by atoms with E-state index in [-0.39, 0.29) is 16.5 Å². The van der Waals surface area contributed by atoms with Crippen LogP contribution >= 0.6 is 22.6 Å². The van der Waals surface area contributed by atoms with E-state index in [0.717, 1.165) is 3.70 Å². The summed E-state index contributed by atoms with van der Waals surface area (Å²) >= 11 is 2.39. The molecule has 2 heterocycles. The monoisotopic (exact) mass is 414 g/mol. The van der Waals surface area contributed by atoms with Gasteiger partial charge < -0.3 is 0 Å². The van der Waals surface area contributed by atoms with Crippen molar-refractivity contribution in [3.05, 3.63) is 26.1 Å². The molecule has 1 aliphatic rings. The highest BCUT2D eigenvalue weighted by Crippen LogP contribution is 2.54. The molecule has 0 amide bonds. The normalized spacial score (nSPS) is 22.7. The van der Waals surface area contributed by atoms with Gasteiger partial charge in [-0.2, -0.15) is 0 Å². The van der Waals surface area contributed by atoms with Crippen molar-refractivity contribution in [3.8, 4) is 0 Å². The topological polar surface area (TPSA) is 16.1 Å². The Balaban J connectivity index is 2.98. The Morgan fingerprint density at radius 1 is 0.955 bits per heavy atom. The first-order chi connectivity index (χ1) is 9.77. The zero-order valence-corrected chi connectivity index (χ0v) is 18.0. The molecule has 0 spiro atoms. The summed E-state index contributed by atoms with van der Waals surface area (Å²) in [5.41, 5.74) is 5.59. The molecule has 0 N–H and O–H groups in total. The molecule has 0 fully saturated rings. The van der Waals surface area contributed by atoms with E-state index in [1.54, 1.807) is 0 Å². The first kappa shape index (κ1) is 18.2. The molecule has 0 aromatic carbocycles. The lowest BCUT2D eigenvalue weighted by atomic mass is 9.59. The van der Waals surface area contributed by atoms with Gasteiger partial charge in [-0.3, -0.25) is 4.90 Å². The molecule has 0 bridgehead atoms. The molecule has 0 aliphatic carbocycles. The third-order valence-electron chi connectivity index (χ3n) is 6.05. The third kappa shape index (κ3) is 2.18. The van der Waals surface area contributed by atoms with Gasteiger partial charge in [0, 0.05) is 28.2 Å².